The second-order valence-electron chi connectivity index (χ2n) is 5.42. The van der Waals surface area contributed by atoms with Gasteiger partial charge in [0.15, 0.2) is 0 Å². The number of carbonyl (C=O) groups excluding carboxylic acids is 2. The Kier molecular flexibility index (Phi) is 2.54. The van der Waals surface area contributed by atoms with E-state index in [-0.39, 0.29) is 11.8 Å². The number of carbonyl (C=O) groups is 2. The van der Waals surface area contributed by atoms with Gasteiger partial charge in [-0.25, -0.2) is 0 Å². The number of benzene rings is 2. The van der Waals surface area contributed by atoms with Gasteiger partial charge in [0.05, 0.1) is 17.7 Å². The predicted octanol–water partition coefficient (Wildman–Crippen LogP) is 2.92. The second-order valence-corrected chi connectivity index (χ2v) is 5.42. The normalized spacial score (nSPS) is 16.0. The lowest BCUT2D eigenvalue weighted by Crippen LogP contribution is -2.31. The van der Waals surface area contributed by atoms with Crippen LogP contribution in [-0.4, -0.2) is 23.3 Å². The maximum absolute atomic E-state index is 12.3. The lowest BCUT2D eigenvalue weighted by Gasteiger charge is -2.14. The van der Waals surface area contributed by atoms with Crippen molar-refractivity contribution in [3.63, 3.8) is 0 Å². The second kappa shape index (κ2) is 4.42. The quantitative estimate of drug-likeness (QED) is 0.790. The van der Waals surface area contributed by atoms with Gasteiger partial charge in [-0.3, -0.25) is 14.5 Å². The molecule has 2 aliphatic rings. The van der Waals surface area contributed by atoms with Crippen LogP contribution in [-0.2, 0) is 6.42 Å². The van der Waals surface area contributed by atoms with E-state index in [9.17, 15) is 9.59 Å². The van der Waals surface area contributed by atoms with Crippen LogP contribution in [0, 0.1) is 0 Å². The molecule has 0 aromatic heterocycles. The van der Waals surface area contributed by atoms with Gasteiger partial charge in [0, 0.05) is 0 Å². The van der Waals surface area contributed by atoms with E-state index >= 15 is 0 Å². The topological polar surface area (TPSA) is 37.4 Å². The standard InChI is InChI=1S/C18H13NO2/c20-17-15-7-3-4-8-16(15)18(21)19(17)11-12-9-13-5-1-2-6-14(13)10-12/h1-9H,10-11H2. The van der Waals surface area contributed by atoms with Crippen LogP contribution in [0.5, 0.6) is 0 Å². The third-order valence-corrected chi connectivity index (χ3v) is 4.07. The number of amides is 2. The van der Waals surface area contributed by atoms with Crippen LogP contribution in [0.25, 0.3) is 6.08 Å². The van der Waals surface area contributed by atoms with Gasteiger partial charge in [0.2, 0.25) is 0 Å². The highest BCUT2D eigenvalue weighted by atomic mass is 16.2. The van der Waals surface area contributed by atoms with Gasteiger partial charge in [-0.1, -0.05) is 42.5 Å². The van der Waals surface area contributed by atoms with Crippen LogP contribution in [0.4, 0.5) is 0 Å². The van der Waals surface area contributed by atoms with Crippen molar-refractivity contribution in [1.29, 1.82) is 0 Å². The molecule has 0 saturated heterocycles. The molecule has 1 heterocycles. The van der Waals surface area contributed by atoms with Crippen LogP contribution in [0.3, 0.4) is 0 Å². The van der Waals surface area contributed by atoms with Crippen LogP contribution < -0.4 is 0 Å². The van der Waals surface area contributed by atoms with E-state index < -0.39 is 0 Å². The van der Waals surface area contributed by atoms with E-state index in [1.165, 1.54) is 16.0 Å². The predicted molar refractivity (Wildman–Crippen MR) is 79.9 cm³/mol. The molecule has 1 aliphatic carbocycles. The summed E-state index contributed by atoms with van der Waals surface area (Å²) in [6, 6.07) is 15.2. The van der Waals surface area contributed by atoms with Crippen molar-refractivity contribution in [3.05, 3.63) is 76.4 Å². The van der Waals surface area contributed by atoms with Crippen molar-refractivity contribution < 1.29 is 9.59 Å². The van der Waals surface area contributed by atoms with E-state index in [4.69, 9.17) is 0 Å². The molecule has 0 atom stereocenters. The first-order valence-corrected chi connectivity index (χ1v) is 6.96. The molecule has 102 valence electrons. The molecule has 2 aromatic rings. The van der Waals surface area contributed by atoms with E-state index in [0.29, 0.717) is 17.7 Å². The first-order valence-electron chi connectivity index (χ1n) is 6.96. The van der Waals surface area contributed by atoms with E-state index in [1.807, 2.05) is 12.1 Å². The summed E-state index contributed by atoms with van der Waals surface area (Å²) in [5.41, 5.74) is 4.57. The third-order valence-electron chi connectivity index (χ3n) is 4.07. The SMILES string of the molecule is O=C1c2ccccc2C(=O)N1CC1=Cc2ccccc2C1. The molecule has 0 unspecified atom stereocenters. The number of rotatable bonds is 2. The Balaban J connectivity index is 1.61. The number of nitrogens with zero attached hydrogens (tertiary/aromatic N) is 1. The smallest absolute Gasteiger partial charge is 0.261 e. The highest BCUT2D eigenvalue weighted by Gasteiger charge is 2.35. The highest BCUT2D eigenvalue weighted by molar-refractivity contribution is 6.21. The first kappa shape index (κ1) is 12.1. The van der Waals surface area contributed by atoms with Crippen molar-refractivity contribution in [3.8, 4) is 0 Å². The fraction of sp³-hybridized carbons (Fsp3) is 0.111. The van der Waals surface area contributed by atoms with Gasteiger partial charge < -0.3 is 0 Å². The average Bonchev–Trinajstić information content (AvgIpc) is 3.02. The van der Waals surface area contributed by atoms with Crippen LogP contribution in [0.1, 0.15) is 31.8 Å². The molecule has 21 heavy (non-hydrogen) atoms. The summed E-state index contributed by atoms with van der Waals surface area (Å²) < 4.78 is 0. The molecule has 4 rings (SSSR count). The minimum atomic E-state index is -0.188. The Morgan fingerprint density at radius 2 is 1.48 bits per heavy atom. The Morgan fingerprint density at radius 1 is 0.857 bits per heavy atom. The zero-order valence-electron chi connectivity index (χ0n) is 11.4. The van der Waals surface area contributed by atoms with Crippen molar-refractivity contribution in [2.75, 3.05) is 6.54 Å². The summed E-state index contributed by atoms with van der Waals surface area (Å²) in [6.45, 7) is 0.376. The zero-order chi connectivity index (χ0) is 14.4. The molecule has 0 saturated carbocycles. The van der Waals surface area contributed by atoms with Crippen LogP contribution >= 0.6 is 0 Å². The van der Waals surface area contributed by atoms with Gasteiger partial charge in [0.1, 0.15) is 0 Å². The van der Waals surface area contributed by atoms with Crippen molar-refractivity contribution in [1.82, 2.24) is 4.90 Å². The Bertz CT molecular complexity index is 769. The zero-order valence-corrected chi connectivity index (χ0v) is 11.4. The maximum atomic E-state index is 12.3. The van der Waals surface area contributed by atoms with Crippen molar-refractivity contribution in [2.24, 2.45) is 0 Å². The molecule has 0 N–H and O–H groups in total. The monoisotopic (exact) mass is 275 g/mol. The summed E-state index contributed by atoms with van der Waals surface area (Å²) in [5, 5.41) is 0. The van der Waals surface area contributed by atoms with Gasteiger partial charge in [-0.2, -0.15) is 0 Å². The number of hydrogen-bond acceptors (Lipinski definition) is 2. The minimum absolute atomic E-state index is 0.188. The van der Waals surface area contributed by atoms with Gasteiger partial charge in [0.25, 0.3) is 11.8 Å². The Hall–Kier alpha value is -2.68. The van der Waals surface area contributed by atoms with Crippen molar-refractivity contribution >= 4 is 17.9 Å². The summed E-state index contributed by atoms with van der Waals surface area (Å²) in [5.74, 6) is -0.375. The molecule has 0 spiro atoms. The first-order chi connectivity index (χ1) is 10.2. The largest absolute Gasteiger partial charge is 0.270 e. The molecular weight excluding hydrogens is 262 g/mol. The summed E-state index contributed by atoms with van der Waals surface area (Å²) in [6.07, 6.45) is 2.89. The van der Waals surface area contributed by atoms with Gasteiger partial charge in [-0.15, -0.1) is 0 Å². The Labute approximate surface area is 122 Å². The highest BCUT2D eigenvalue weighted by Crippen LogP contribution is 2.28. The molecule has 3 heteroatoms. The van der Waals surface area contributed by atoms with Crippen LogP contribution in [0.2, 0.25) is 0 Å². The molecule has 3 nitrogen and oxygen atoms in total. The summed E-state index contributed by atoms with van der Waals surface area (Å²) >= 11 is 0. The molecular formula is C18H13NO2. The number of imide groups is 1. The average molecular weight is 275 g/mol. The lowest BCUT2D eigenvalue weighted by atomic mass is 10.1. The van der Waals surface area contributed by atoms with Gasteiger partial charge in [-0.05, 0) is 35.3 Å². The maximum Gasteiger partial charge on any atom is 0.261 e. The molecule has 0 bridgehead atoms. The van der Waals surface area contributed by atoms with E-state index in [1.54, 1.807) is 24.3 Å². The molecule has 1 aliphatic heterocycles. The van der Waals surface area contributed by atoms with Crippen LogP contribution in [0.15, 0.2) is 54.1 Å². The molecule has 2 amide bonds. The fourth-order valence-corrected chi connectivity index (χ4v) is 3.04. The number of fused-ring (bicyclic) bond motifs is 2. The fourth-order valence-electron chi connectivity index (χ4n) is 3.04. The molecule has 2 aromatic carbocycles. The molecule has 0 fully saturated rings. The van der Waals surface area contributed by atoms with E-state index in [2.05, 4.69) is 18.2 Å². The van der Waals surface area contributed by atoms with Gasteiger partial charge >= 0.3 is 0 Å². The van der Waals surface area contributed by atoms with E-state index in [0.717, 1.165) is 12.0 Å². The Morgan fingerprint density at radius 3 is 2.14 bits per heavy atom. The lowest BCUT2D eigenvalue weighted by molar-refractivity contribution is 0.0668. The molecule has 0 radical (unpaired) electrons. The van der Waals surface area contributed by atoms with Crippen molar-refractivity contribution in [2.45, 2.75) is 6.42 Å². The summed E-state index contributed by atoms with van der Waals surface area (Å²) in [4.78, 5) is 26.0. The number of hydrogen-bond donors (Lipinski definition) is 0. The minimum Gasteiger partial charge on any atom is -0.270 e. The summed E-state index contributed by atoms with van der Waals surface area (Å²) in [7, 11) is 0. The third kappa shape index (κ3) is 1.82.